The summed E-state index contributed by atoms with van der Waals surface area (Å²) >= 11 is 2.88. The van der Waals surface area contributed by atoms with Crippen molar-refractivity contribution in [1.29, 1.82) is 0 Å². The van der Waals surface area contributed by atoms with Gasteiger partial charge in [-0.3, -0.25) is 0 Å². The van der Waals surface area contributed by atoms with E-state index in [1.54, 1.807) is 0 Å². The van der Waals surface area contributed by atoms with Crippen LogP contribution in [0, 0.1) is 5.82 Å². The summed E-state index contributed by atoms with van der Waals surface area (Å²) in [4.78, 5) is 0. The Hall–Kier alpha value is -0.680. The summed E-state index contributed by atoms with van der Waals surface area (Å²) in [6.07, 6.45) is 0. The second kappa shape index (κ2) is 4.02. The Morgan fingerprint density at radius 1 is 1.54 bits per heavy atom. The Labute approximate surface area is 82.5 Å². The first-order chi connectivity index (χ1) is 6.07. The van der Waals surface area contributed by atoms with Crippen LogP contribution in [0.15, 0.2) is 16.6 Å². The highest BCUT2D eigenvalue weighted by molar-refractivity contribution is 9.10. The third-order valence-corrected chi connectivity index (χ3v) is 2.28. The molecule has 0 aromatic heterocycles. The van der Waals surface area contributed by atoms with Gasteiger partial charge in [-0.05, 0) is 22.0 Å². The molecule has 0 aliphatic heterocycles. The molecule has 0 aliphatic carbocycles. The van der Waals surface area contributed by atoms with Crippen molar-refractivity contribution in [2.45, 2.75) is 6.04 Å². The molecule has 1 rings (SSSR count). The number of nitrogens with two attached hydrogens (primary N) is 1. The number of aromatic hydroxyl groups is 1. The highest BCUT2D eigenvalue weighted by Gasteiger charge is 2.15. The van der Waals surface area contributed by atoms with Crippen LogP contribution in [-0.4, -0.2) is 11.8 Å². The van der Waals surface area contributed by atoms with E-state index in [-0.39, 0.29) is 10.0 Å². The summed E-state index contributed by atoms with van der Waals surface area (Å²) in [5.41, 5.74) is 5.37. The second-order valence-corrected chi connectivity index (χ2v) is 3.41. The maximum absolute atomic E-state index is 13.0. The second-order valence-electron chi connectivity index (χ2n) is 2.56. The molecule has 3 N–H and O–H groups in total. The summed E-state index contributed by atoms with van der Waals surface area (Å²) in [6, 6.07) is 1.77. The van der Waals surface area contributed by atoms with Gasteiger partial charge < -0.3 is 10.8 Å². The number of halogens is 3. The standard InChI is InChI=1S/C8H8BrF2NO/c9-5-2-1-4(6(12)3-10)8(13)7(5)11/h1-2,6,13H,3,12H2. The first-order valence-corrected chi connectivity index (χ1v) is 4.35. The lowest BCUT2D eigenvalue weighted by atomic mass is 10.1. The summed E-state index contributed by atoms with van der Waals surface area (Å²) in [5.74, 6) is -1.42. The Kier molecular flexibility index (Phi) is 3.22. The summed E-state index contributed by atoms with van der Waals surface area (Å²) in [7, 11) is 0. The Morgan fingerprint density at radius 2 is 2.15 bits per heavy atom. The van der Waals surface area contributed by atoms with E-state index >= 15 is 0 Å². The van der Waals surface area contributed by atoms with E-state index in [4.69, 9.17) is 5.73 Å². The molecule has 13 heavy (non-hydrogen) atoms. The van der Waals surface area contributed by atoms with Crippen molar-refractivity contribution in [2.75, 3.05) is 6.67 Å². The van der Waals surface area contributed by atoms with Crippen molar-refractivity contribution < 1.29 is 13.9 Å². The Morgan fingerprint density at radius 3 is 2.69 bits per heavy atom. The van der Waals surface area contributed by atoms with Crippen molar-refractivity contribution in [1.82, 2.24) is 0 Å². The normalized spacial score (nSPS) is 12.9. The lowest BCUT2D eigenvalue weighted by Gasteiger charge is -2.10. The molecule has 0 saturated carbocycles. The molecule has 1 unspecified atom stereocenters. The minimum atomic E-state index is -0.984. The molecule has 0 heterocycles. The van der Waals surface area contributed by atoms with Gasteiger partial charge >= 0.3 is 0 Å². The third-order valence-electron chi connectivity index (χ3n) is 1.67. The van der Waals surface area contributed by atoms with Crippen LogP contribution in [0.5, 0.6) is 5.75 Å². The fourth-order valence-corrected chi connectivity index (χ4v) is 1.26. The predicted molar refractivity (Wildman–Crippen MR) is 48.7 cm³/mol. The van der Waals surface area contributed by atoms with Crippen molar-refractivity contribution in [3.8, 4) is 5.75 Å². The third kappa shape index (κ3) is 1.97. The molecular formula is C8H8BrF2NO. The van der Waals surface area contributed by atoms with E-state index in [9.17, 15) is 13.9 Å². The molecular weight excluding hydrogens is 244 g/mol. The molecule has 1 atom stereocenters. The molecule has 0 aliphatic rings. The number of alkyl halides is 1. The van der Waals surface area contributed by atoms with Gasteiger partial charge in [0, 0.05) is 5.56 Å². The molecule has 5 heteroatoms. The van der Waals surface area contributed by atoms with Crippen molar-refractivity contribution >= 4 is 15.9 Å². The average Bonchev–Trinajstić information content (AvgIpc) is 2.13. The first kappa shape index (κ1) is 10.4. The van der Waals surface area contributed by atoms with Gasteiger partial charge in [-0.2, -0.15) is 0 Å². The van der Waals surface area contributed by atoms with E-state index in [0.29, 0.717) is 0 Å². The summed E-state index contributed by atoms with van der Waals surface area (Å²) in [5, 5.41) is 9.23. The molecule has 0 radical (unpaired) electrons. The van der Waals surface area contributed by atoms with Crippen molar-refractivity contribution in [3.05, 3.63) is 28.0 Å². The van der Waals surface area contributed by atoms with Crippen LogP contribution in [0.4, 0.5) is 8.78 Å². The molecule has 0 saturated heterocycles. The van der Waals surface area contributed by atoms with Gasteiger partial charge in [-0.1, -0.05) is 6.07 Å². The van der Waals surface area contributed by atoms with Gasteiger partial charge in [0.2, 0.25) is 0 Å². The van der Waals surface area contributed by atoms with Crippen LogP contribution in [0.3, 0.4) is 0 Å². The zero-order valence-electron chi connectivity index (χ0n) is 6.60. The number of phenolic OH excluding ortho intramolecular Hbond substituents is 1. The maximum atomic E-state index is 13.0. The number of benzene rings is 1. The lowest BCUT2D eigenvalue weighted by molar-refractivity contribution is 0.395. The lowest BCUT2D eigenvalue weighted by Crippen LogP contribution is -2.12. The van der Waals surface area contributed by atoms with E-state index < -0.39 is 24.3 Å². The SMILES string of the molecule is NC(CF)c1ccc(Br)c(F)c1O. The molecule has 0 spiro atoms. The fraction of sp³-hybridized carbons (Fsp3) is 0.250. The topological polar surface area (TPSA) is 46.2 Å². The minimum Gasteiger partial charge on any atom is -0.505 e. The maximum Gasteiger partial charge on any atom is 0.179 e. The molecule has 0 bridgehead atoms. The van der Waals surface area contributed by atoms with Crippen LogP contribution in [0.1, 0.15) is 11.6 Å². The smallest absolute Gasteiger partial charge is 0.179 e. The zero-order valence-corrected chi connectivity index (χ0v) is 8.18. The number of phenols is 1. The van der Waals surface area contributed by atoms with Gasteiger partial charge in [-0.25, -0.2) is 8.78 Å². The highest BCUT2D eigenvalue weighted by Crippen LogP contribution is 2.30. The Bertz CT molecular complexity index is 319. The van der Waals surface area contributed by atoms with E-state index in [0.717, 1.165) is 0 Å². The average molecular weight is 252 g/mol. The predicted octanol–water partition coefficient (Wildman–Crippen LogP) is 2.26. The Balaban J connectivity index is 3.18. The number of hydrogen-bond donors (Lipinski definition) is 2. The number of rotatable bonds is 2. The summed E-state index contributed by atoms with van der Waals surface area (Å²) < 4.78 is 25.3. The van der Waals surface area contributed by atoms with E-state index in [2.05, 4.69) is 15.9 Å². The molecule has 0 amide bonds. The highest BCUT2D eigenvalue weighted by atomic mass is 79.9. The molecule has 1 aromatic carbocycles. The largest absolute Gasteiger partial charge is 0.505 e. The monoisotopic (exact) mass is 251 g/mol. The van der Waals surface area contributed by atoms with Gasteiger partial charge in [-0.15, -0.1) is 0 Å². The van der Waals surface area contributed by atoms with E-state index in [1.165, 1.54) is 12.1 Å². The first-order valence-electron chi connectivity index (χ1n) is 3.56. The summed E-state index contributed by atoms with van der Waals surface area (Å²) in [6.45, 7) is -0.839. The van der Waals surface area contributed by atoms with Crippen LogP contribution in [-0.2, 0) is 0 Å². The van der Waals surface area contributed by atoms with Crippen molar-refractivity contribution in [2.24, 2.45) is 5.73 Å². The van der Waals surface area contributed by atoms with Gasteiger partial charge in [0.05, 0.1) is 10.5 Å². The quantitative estimate of drug-likeness (QED) is 0.847. The van der Waals surface area contributed by atoms with Gasteiger partial charge in [0.25, 0.3) is 0 Å². The van der Waals surface area contributed by atoms with Crippen LogP contribution < -0.4 is 5.73 Å². The molecule has 2 nitrogen and oxygen atoms in total. The van der Waals surface area contributed by atoms with Gasteiger partial charge in [0.15, 0.2) is 11.6 Å². The fourth-order valence-electron chi connectivity index (χ4n) is 0.937. The zero-order chi connectivity index (χ0) is 10.0. The molecule has 72 valence electrons. The minimum absolute atomic E-state index is 0.0724. The van der Waals surface area contributed by atoms with Crippen molar-refractivity contribution in [3.63, 3.8) is 0 Å². The van der Waals surface area contributed by atoms with Crippen LogP contribution >= 0.6 is 15.9 Å². The van der Waals surface area contributed by atoms with Gasteiger partial charge in [0.1, 0.15) is 6.67 Å². The van der Waals surface area contributed by atoms with Crippen LogP contribution in [0.25, 0.3) is 0 Å². The number of hydrogen-bond acceptors (Lipinski definition) is 2. The van der Waals surface area contributed by atoms with Crippen LogP contribution in [0.2, 0.25) is 0 Å². The molecule has 0 fully saturated rings. The molecule has 1 aromatic rings. The van der Waals surface area contributed by atoms with E-state index in [1.807, 2.05) is 0 Å².